The van der Waals surface area contributed by atoms with Gasteiger partial charge < -0.3 is 15.0 Å². The highest BCUT2D eigenvalue weighted by Crippen LogP contribution is 2.28. The number of anilines is 1. The lowest BCUT2D eigenvalue weighted by Crippen LogP contribution is -2.04. The second kappa shape index (κ2) is 4.59. The molecule has 2 heterocycles. The summed E-state index contributed by atoms with van der Waals surface area (Å²) in [5, 5.41) is 4.30. The first-order chi connectivity index (χ1) is 9.20. The molecule has 3 aromatic rings. The molecular weight excluding hydrogens is 258 g/mol. The number of para-hydroxylation sites is 1. The van der Waals surface area contributed by atoms with Crippen LogP contribution in [-0.4, -0.2) is 16.7 Å². The lowest BCUT2D eigenvalue weighted by Gasteiger charge is -2.06. The summed E-state index contributed by atoms with van der Waals surface area (Å²) in [7, 11) is 1.65. The standard InChI is InChI=1S/C14H15N3OS/c1-9-7-19-8-10(9)6-17-11-4-3-5-12(18-2)13(11)16-14(17)15/h3-5,7-8H,6H2,1-2H3,(H2,15,16). The van der Waals surface area contributed by atoms with Crippen molar-refractivity contribution in [1.82, 2.24) is 9.55 Å². The van der Waals surface area contributed by atoms with Crippen LogP contribution in [0, 0.1) is 6.92 Å². The maximum absolute atomic E-state index is 6.04. The molecule has 98 valence electrons. The van der Waals surface area contributed by atoms with E-state index in [1.165, 1.54) is 11.1 Å². The van der Waals surface area contributed by atoms with Gasteiger partial charge in [0.2, 0.25) is 5.95 Å². The van der Waals surface area contributed by atoms with Gasteiger partial charge in [-0.25, -0.2) is 4.98 Å². The second-order valence-corrected chi connectivity index (χ2v) is 5.21. The van der Waals surface area contributed by atoms with Crippen LogP contribution in [0.25, 0.3) is 11.0 Å². The first kappa shape index (κ1) is 12.0. The summed E-state index contributed by atoms with van der Waals surface area (Å²) in [6, 6.07) is 5.87. The lowest BCUT2D eigenvalue weighted by atomic mass is 10.2. The molecule has 0 saturated heterocycles. The molecule has 0 spiro atoms. The van der Waals surface area contributed by atoms with E-state index in [1.54, 1.807) is 18.4 Å². The highest BCUT2D eigenvalue weighted by atomic mass is 32.1. The fourth-order valence-electron chi connectivity index (χ4n) is 2.19. The molecule has 0 aliphatic heterocycles. The molecule has 4 nitrogen and oxygen atoms in total. The highest BCUT2D eigenvalue weighted by molar-refractivity contribution is 7.08. The van der Waals surface area contributed by atoms with Crippen molar-refractivity contribution in [2.45, 2.75) is 13.5 Å². The summed E-state index contributed by atoms with van der Waals surface area (Å²) in [6.45, 7) is 2.85. The minimum absolute atomic E-state index is 0.519. The van der Waals surface area contributed by atoms with Crippen molar-refractivity contribution >= 4 is 28.3 Å². The van der Waals surface area contributed by atoms with Gasteiger partial charge in [-0.3, -0.25) is 0 Å². The van der Waals surface area contributed by atoms with Crippen molar-refractivity contribution in [3.05, 3.63) is 40.1 Å². The number of ether oxygens (including phenoxy) is 1. The third-order valence-electron chi connectivity index (χ3n) is 3.28. The summed E-state index contributed by atoms with van der Waals surface area (Å²) in [5.41, 5.74) is 10.4. The van der Waals surface area contributed by atoms with Crippen molar-refractivity contribution in [2.75, 3.05) is 12.8 Å². The van der Waals surface area contributed by atoms with Crippen LogP contribution in [-0.2, 0) is 6.54 Å². The van der Waals surface area contributed by atoms with Crippen LogP contribution in [0.5, 0.6) is 5.75 Å². The maximum Gasteiger partial charge on any atom is 0.201 e. The summed E-state index contributed by atoms with van der Waals surface area (Å²) >= 11 is 1.71. The molecule has 0 unspecified atom stereocenters. The van der Waals surface area contributed by atoms with Crippen LogP contribution in [0.4, 0.5) is 5.95 Å². The molecule has 0 fully saturated rings. The van der Waals surface area contributed by atoms with E-state index in [0.717, 1.165) is 23.3 Å². The minimum Gasteiger partial charge on any atom is -0.494 e. The zero-order valence-corrected chi connectivity index (χ0v) is 11.7. The molecule has 5 heteroatoms. The zero-order valence-electron chi connectivity index (χ0n) is 10.9. The molecule has 1 aromatic carbocycles. The molecule has 3 rings (SSSR count). The van der Waals surface area contributed by atoms with Crippen molar-refractivity contribution in [2.24, 2.45) is 0 Å². The van der Waals surface area contributed by atoms with E-state index < -0.39 is 0 Å². The van der Waals surface area contributed by atoms with Gasteiger partial charge in [0.05, 0.1) is 19.2 Å². The van der Waals surface area contributed by atoms with Gasteiger partial charge in [0.1, 0.15) is 11.3 Å². The number of hydrogen-bond acceptors (Lipinski definition) is 4. The van der Waals surface area contributed by atoms with E-state index >= 15 is 0 Å². The third-order valence-corrected chi connectivity index (χ3v) is 4.19. The van der Waals surface area contributed by atoms with E-state index in [0.29, 0.717) is 5.95 Å². The summed E-state index contributed by atoms with van der Waals surface area (Å²) < 4.78 is 7.35. The average molecular weight is 273 g/mol. The van der Waals surface area contributed by atoms with Crippen LogP contribution in [0.15, 0.2) is 29.0 Å². The molecular formula is C14H15N3OS. The zero-order chi connectivity index (χ0) is 13.4. The van der Waals surface area contributed by atoms with Gasteiger partial charge >= 0.3 is 0 Å². The predicted molar refractivity (Wildman–Crippen MR) is 78.9 cm³/mol. The fraction of sp³-hybridized carbons (Fsp3) is 0.214. The van der Waals surface area contributed by atoms with Crippen LogP contribution >= 0.6 is 11.3 Å². The number of aromatic nitrogens is 2. The molecule has 2 aromatic heterocycles. The Morgan fingerprint density at radius 2 is 2.21 bits per heavy atom. The summed E-state index contributed by atoms with van der Waals surface area (Å²) in [5.74, 6) is 1.27. The van der Waals surface area contributed by atoms with E-state index in [-0.39, 0.29) is 0 Å². The number of methoxy groups -OCH3 is 1. The molecule has 0 saturated carbocycles. The molecule has 2 N–H and O–H groups in total. The normalized spacial score (nSPS) is 11.1. The first-order valence-corrected chi connectivity index (χ1v) is 6.95. The van der Waals surface area contributed by atoms with Crippen LogP contribution < -0.4 is 10.5 Å². The molecule has 0 aliphatic carbocycles. The molecule has 0 atom stereocenters. The fourth-order valence-corrected chi connectivity index (χ4v) is 3.04. The predicted octanol–water partition coefficient (Wildman–Crippen LogP) is 3.05. The molecule has 19 heavy (non-hydrogen) atoms. The van der Waals surface area contributed by atoms with Crippen molar-refractivity contribution in [1.29, 1.82) is 0 Å². The SMILES string of the molecule is COc1cccc2c1nc(N)n2Cc1cscc1C. The average Bonchev–Trinajstić information content (AvgIpc) is 2.95. The molecule has 0 amide bonds. The van der Waals surface area contributed by atoms with E-state index in [9.17, 15) is 0 Å². The van der Waals surface area contributed by atoms with Crippen molar-refractivity contribution in [3.63, 3.8) is 0 Å². The number of benzene rings is 1. The van der Waals surface area contributed by atoms with E-state index in [1.807, 2.05) is 22.8 Å². The maximum atomic E-state index is 6.04. The van der Waals surface area contributed by atoms with E-state index in [4.69, 9.17) is 10.5 Å². The second-order valence-electron chi connectivity index (χ2n) is 4.46. The van der Waals surface area contributed by atoms with Gasteiger partial charge in [0.25, 0.3) is 0 Å². The quantitative estimate of drug-likeness (QED) is 0.798. The number of rotatable bonds is 3. The topological polar surface area (TPSA) is 53.1 Å². The number of thiophene rings is 1. The Morgan fingerprint density at radius 3 is 2.89 bits per heavy atom. The lowest BCUT2D eigenvalue weighted by molar-refractivity contribution is 0.419. The molecule has 0 aliphatic rings. The van der Waals surface area contributed by atoms with Crippen molar-refractivity contribution in [3.8, 4) is 5.75 Å². The Kier molecular flexibility index (Phi) is 2.91. The van der Waals surface area contributed by atoms with Gasteiger partial charge in [-0.2, -0.15) is 11.3 Å². The Balaban J connectivity index is 2.13. The smallest absolute Gasteiger partial charge is 0.201 e. The largest absolute Gasteiger partial charge is 0.494 e. The third kappa shape index (κ3) is 1.96. The van der Waals surface area contributed by atoms with Gasteiger partial charge in [0, 0.05) is 0 Å². The van der Waals surface area contributed by atoms with Crippen LogP contribution in [0.1, 0.15) is 11.1 Å². The molecule has 0 bridgehead atoms. The Morgan fingerprint density at radius 1 is 1.37 bits per heavy atom. The monoisotopic (exact) mass is 273 g/mol. The van der Waals surface area contributed by atoms with Gasteiger partial charge in [0.15, 0.2) is 0 Å². The number of hydrogen-bond donors (Lipinski definition) is 1. The minimum atomic E-state index is 0.519. The Hall–Kier alpha value is -2.01. The van der Waals surface area contributed by atoms with E-state index in [2.05, 4.69) is 22.7 Å². The number of fused-ring (bicyclic) bond motifs is 1. The van der Waals surface area contributed by atoms with Gasteiger partial charge in [-0.1, -0.05) is 6.07 Å². The number of nitrogens with two attached hydrogens (primary N) is 1. The first-order valence-electron chi connectivity index (χ1n) is 6.01. The van der Waals surface area contributed by atoms with Crippen LogP contribution in [0.2, 0.25) is 0 Å². The Bertz CT molecular complexity index is 729. The highest BCUT2D eigenvalue weighted by Gasteiger charge is 2.13. The number of nitrogen functional groups attached to an aromatic ring is 1. The van der Waals surface area contributed by atoms with Crippen molar-refractivity contribution < 1.29 is 4.74 Å². The number of nitrogens with zero attached hydrogens (tertiary/aromatic N) is 2. The number of aryl methyl sites for hydroxylation is 1. The number of imidazole rings is 1. The molecule has 0 radical (unpaired) electrons. The Labute approximate surface area is 115 Å². The van der Waals surface area contributed by atoms with Gasteiger partial charge in [-0.15, -0.1) is 0 Å². The summed E-state index contributed by atoms with van der Waals surface area (Å²) in [4.78, 5) is 4.41. The van der Waals surface area contributed by atoms with Gasteiger partial charge in [-0.05, 0) is 40.9 Å². The van der Waals surface area contributed by atoms with Crippen LogP contribution in [0.3, 0.4) is 0 Å². The summed E-state index contributed by atoms with van der Waals surface area (Å²) in [6.07, 6.45) is 0.